The van der Waals surface area contributed by atoms with E-state index >= 15 is 0 Å². The lowest BCUT2D eigenvalue weighted by molar-refractivity contribution is 0.110. The molecule has 1 aliphatic heterocycles. The van der Waals surface area contributed by atoms with Gasteiger partial charge in [0.1, 0.15) is 5.69 Å². The van der Waals surface area contributed by atoms with Gasteiger partial charge in [0, 0.05) is 22.4 Å². The molecular formula is C14H12N2OS. The van der Waals surface area contributed by atoms with E-state index in [1.54, 1.807) is 11.3 Å². The highest BCUT2D eigenvalue weighted by atomic mass is 32.1. The van der Waals surface area contributed by atoms with Crippen molar-refractivity contribution < 1.29 is 4.74 Å². The summed E-state index contributed by atoms with van der Waals surface area (Å²) in [5.41, 5.74) is 3.52. The molecule has 0 bridgehead atoms. The fourth-order valence-corrected chi connectivity index (χ4v) is 3.49. The molecule has 0 unspecified atom stereocenters. The second-order valence-electron chi connectivity index (χ2n) is 4.48. The summed E-state index contributed by atoms with van der Waals surface area (Å²) in [6, 6.07) is 10.7. The number of rotatable bonds is 1. The standard InChI is InChI=1S/C14H12N2OS/c1-2-4-12-9(3-1)7-13(18-12)14-10-8-17-6-5-11(10)15-16-14/h1-4,7H,5-6,8H2,(H,15,16). The number of thiophene rings is 1. The van der Waals surface area contributed by atoms with Crippen molar-refractivity contribution in [2.75, 3.05) is 6.61 Å². The van der Waals surface area contributed by atoms with Gasteiger partial charge in [0.15, 0.2) is 0 Å². The molecule has 18 heavy (non-hydrogen) atoms. The fourth-order valence-electron chi connectivity index (χ4n) is 2.41. The zero-order valence-corrected chi connectivity index (χ0v) is 10.6. The van der Waals surface area contributed by atoms with Gasteiger partial charge in [-0.2, -0.15) is 5.10 Å². The lowest BCUT2D eigenvalue weighted by Gasteiger charge is -2.11. The van der Waals surface area contributed by atoms with E-state index in [-0.39, 0.29) is 0 Å². The van der Waals surface area contributed by atoms with Crippen LogP contribution in [-0.4, -0.2) is 16.8 Å². The SMILES string of the molecule is c1ccc2sc(-c3n[nH]c4c3COCC4)cc2c1. The summed E-state index contributed by atoms with van der Waals surface area (Å²) in [6.45, 7) is 1.47. The molecule has 3 nitrogen and oxygen atoms in total. The summed E-state index contributed by atoms with van der Waals surface area (Å²) >= 11 is 1.79. The molecule has 0 saturated heterocycles. The predicted octanol–water partition coefficient (Wildman–Crippen LogP) is 3.36. The highest BCUT2D eigenvalue weighted by molar-refractivity contribution is 7.22. The molecule has 0 amide bonds. The van der Waals surface area contributed by atoms with Gasteiger partial charge in [0.25, 0.3) is 0 Å². The van der Waals surface area contributed by atoms with Crippen LogP contribution in [-0.2, 0) is 17.8 Å². The number of nitrogens with one attached hydrogen (secondary N) is 1. The maximum absolute atomic E-state index is 5.54. The van der Waals surface area contributed by atoms with Crippen LogP contribution in [0.4, 0.5) is 0 Å². The molecule has 3 heterocycles. The van der Waals surface area contributed by atoms with E-state index in [1.807, 2.05) is 0 Å². The number of fused-ring (bicyclic) bond motifs is 2. The molecule has 0 saturated carbocycles. The minimum Gasteiger partial charge on any atom is -0.376 e. The summed E-state index contributed by atoms with van der Waals surface area (Å²) in [4.78, 5) is 1.22. The van der Waals surface area contributed by atoms with E-state index in [1.165, 1.54) is 26.2 Å². The highest BCUT2D eigenvalue weighted by Crippen LogP contribution is 2.35. The molecule has 0 fully saturated rings. The largest absolute Gasteiger partial charge is 0.376 e. The number of nitrogens with zero attached hydrogens (tertiary/aromatic N) is 1. The Labute approximate surface area is 108 Å². The molecule has 0 aliphatic carbocycles. The maximum Gasteiger partial charge on any atom is 0.108 e. The lowest BCUT2D eigenvalue weighted by Crippen LogP contribution is -2.08. The van der Waals surface area contributed by atoms with Crippen molar-refractivity contribution in [3.8, 4) is 10.6 Å². The van der Waals surface area contributed by atoms with Crippen molar-refractivity contribution >= 4 is 21.4 Å². The molecule has 0 spiro atoms. The number of hydrogen-bond acceptors (Lipinski definition) is 3. The van der Waals surface area contributed by atoms with Crippen molar-refractivity contribution in [2.45, 2.75) is 13.0 Å². The molecule has 1 aliphatic rings. The number of aromatic nitrogens is 2. The molecule has 2 aromatic heterocycles. The number of H-pyrrole nitrogens is 1. The Hall–Kier alpha value is -1.65. The Morgan fingerprint density at radius 1 is 1.28 bits per heavy atom. The van der Waals surface area contributed by atoms with Gasteiger partial charge >= 0.3 is 0 Å². The van der Waals surface area contributed by atoms with Crippen LogP contribution in [0.2, 0.25) is 0 Å². The van der Waals surface area contributed by atoms with E-state index in [4.69, 9.17) is 4.74 Å². The van der Waals surface area contributed by atoms with Gasteiger partial charge in [-0.15, -0.1) is 11.3 Å². The molecule has 1 aromatic carbocycles. The molecule has 0 radical (unpaired) electrons. The van der Waals surface area contributed by atoms with E-state index in [9.17, 15) is 0 Å². The molecule has 4 rings (SSSR count). The summed E-state index contributed by atoms with van der Waals surface area (Å²) < 4.78 is 6.84. The minimum absolute atomic E-state index is 0.676. The van der Waals surface area contributed by atoms with Gasteiger partial charge < -0.3 is 4.74 Å². The Morgan fingerprint density at radius 3 is 3.17 bits per heavy atom. The molecule has 4 heteroatoms. The predicted molar refractivity (Wildman–Crippen MR) is 72.8 cm³/mol. The minimum atomic E-state index is 0.676. The number of aromatic amines is 1. The highest BCUT2D eigenvalue weighted by Gasteiger charge is 2.19. The monoisotopic (exact) mass is 256 g/mol. The number of ether oxygens (including phenoxy) is 1. The van der Waals surface area contributed by atoms with Crippen LogP contribution in [0.15, 0.2) is 30.3 Å². The lowest BCUT2D eigenvalue weighted by atomic mass is 10.1. The first-order chi connectivity index (χ1) is 8.92. The van der Waals surface area contributed by atoms with Crippen molar-refractivity contribution in [1.82, 2.24) is 10.2 Å². The smallest absolute Gasteiger partial charge is 0.108 e. The first-order valence-corrected chi connectivity index (χ1v) is 6.86. The van der Waals surface area contributed by atoms with Crippen LogP contribution in [0.1, 0.15) is 11.3 Å². The Bertz CT molecular complexity index is 680. The van der Waals surface area contributed by atoms with Crippen LogP contribution >= 0.6 is 11.3 Å². The van der Waals surface area contributed by atoms with Crippen LogP contribution in [0.25, 0.3) is 20.7 Å². The first kappa shape index (κ1) is 10.3. The van der Waals surface area contributed by atoms with Crippen LogP contribution in [0.3, 0.4) is 0 Å². The Balaban J connectivity index is 1.89. The normalized spacial score (nSPS) is 14.9. The van der Waals surface area contributed by atoms with Crippen LogP contribution in [0, 0.1) is 0 Å². The zero-order valence-electron chi connectivity index (χ0n) is 9.77. The summed E-state index contributed by atoms with van der Waals surface area (Å²) in [6.07, 6.45) is 0.938. The molecule has 0 atom stereocenters. The van der Waals surface area contributed by atoms with Gasteiger partial charge in [-0.05, 0) is 17.5 Å². The summed E-state index contributed by atoms with van der Waals surface area (Å²) in [7, 11) is 0. The van der Waals surface area contributed by atoms with Crippen LogP contribution < -0.4 is 0 Å². The molecular weight excluding hydrogens is 244 g/mol. The van der Waals surface area contributed by atoms with Crippen molar-refractivity contribution in [3.63, 3.8) is 0 Å². The third-order valence-corrected chi connectivity index (χ3v) is 4.48. The quantitative estimate of drug-likeness (QED) is 0.725. The summed E-state index contributed by atoms with van der Waals surface area (Å²) in [5, 5.41) is 8.90. The van der Waals surface area contributed by atoms with Crippen molar-refractivity contribution in [1.29, 1.82) is 0 Å². The summed E-state index contributed by atoms with van der Waals surface area (Å²) in [5.74, 6) is 0. The third-order valence-electron chi connectivity index (χ3n) is 3.35. The van der Waals surface area contributed by atoms with E-state index < -0.39 is 0 Å². The van der Waals surface area contributed by atoms with Gasteiger partial charge in [-0.25, -0.2) is 0 Å². The van der Waals surface area contributed by atoms with Gasteiger partial charge in [0.05, 0.1) is 18.1 Å². The first-order valence-electron chi connectivity index (χ1n) is 6.04. The van der Waals surface area contributed by atoms with E-state index in [0.29, 0.717) is 6.61 Å². The number of hydrogen-bond donors (Lipinski definition) is 1. The van der Waals surface area contributed by atoms with Crippen molar-refractivity contribution in [2.24, 2.45) is 0 Å². The topological polar surface area (TPSA) is 37.9 Å². The number of benzene rings is 1. The van der Waals surface area contributed by atoms with Gasteiger partial charge in [0.2, 0.25) is 0 Å². The fraction of sp³-hybridized carbons (Fsp3) is 0.214. The van der Waals surface area contributed by atoms with E-state index in [0.717, 1.165) is 18.7 Å². The molecule has 3 aromatic rings. The molecule has 90 valence electrons. The Morgan fingerprint density at radius 2 is 2.22 bits per heavy atom. The van der Waals surface area contributed by atoms with Gasteiger partial charge in [-0.1, -0.05) is 18.2 Å². The average Bonchev–Trinajstić information content (AvgIpc) is 3.02. The average molecular weight is 256 g/mol. The Kier molecular flexibility index (Phi) is 2.25. The van der Waals surface area contributed by atoms with Crippen LogP contribution in [0.5, 0.6) is 0 Å². The second-order valence-corrected chi connectivity index (χ2v) is 5.56. The van der Waals surface area contributed by atoms with Crippen molar-refractivity contribution in [3.05, 3.63) is 41.6 Å². The van der Waals surface area contributed by atoms with E-state index in [2.05, 4.69) is 40.5 Å². The third kappa shape index (κ3) is 1.50. The maximum atomic E-state index is 5.54. The molecule has 1 N–H and O–H groups in total. The van der Waals surface area contributed by atoms with Gasteiger partial charge in [-0.3, -0.25) is 5.10 Å². The second kappa shape index (κ2) is 3.93. The zero-order chi connectivity index (χ0) is 11.9.